The summed E-state index contributed by atoms with van der Waals surface area (Å²) in [5, 5.41) is 19.5. The molecule has 1 aliphatic heterocycles. The van der Waals surface area contributed by atoms with Gasteiger partial charge in [0.2, 0.25) is 0 Å². The first kappa shape index (κ1) is 10.8. The molecule has 1 heterocycles. The van der Waals surface area contributed by atoms with Crippen LogP contribution in [0.1, 0.15) is 24.5 Å². The van der Waals surface area contributed by atoms with Gasteiger partial charge in [-0.05, 0) is 48.0 Å². The van der Waals surface area contributed by atoms with E-state index >= 15 is 0 Å². The van der Waals surface area contributed by atoms with Gasteiger partial charge >= 0.3 is 0 Å². The Kier molecular flexibility index (Phi) is 3.54. The second-order valence-corrected chi connectivity index (χ2v) is 5.21. The standard InChI is InChI=1S/C12H16O2S/c13-11-3-1-2-10(8-11)12(14)9-4-6-15-7-5-9/h1-3,8-9,12-14H,4-7H2. The third kappa shape index (κ3) is 2.67. The highest BCUT2D eigenvalue weighted by Gasteiger charge is 2.23. The fourth-order valence-electron chi connectivity index (χ4n) is 2.01. The van der Waals surface area contributed by atoms with Crippen LogP contribution < -0.4 is 0 Å². The van der Waals surface area contributed by atoms with Crippen molar-refractivity contribution in [2.45, 2.75) is 18.9 Å². The zero-order chi connectivity index (χ0) is 10.7. The van der Waals surface area contributed by atoms with E-state index in [1.54, 1.807) is 18.2 Å². The maximum atomic E-state index is 10.1. The van der Waals surface area contributed by atoms with Crippen LogP contribution in [0.4, 0.5) is 0 Å². The average molecular weight is 224 g/mol. The summed E-state index contributed by atoms with van der Waals surface area (Å²) in [5.74, 6) is 2.87. The highest BCUT2D eigenvalue weighted by Crippen LogP contribution is 2.34. The van der Waals surface area contributed by atoms with Crippen molar-refractivity contribution in [1.29, 1.82) is 0 Å². The SMILES string of the molecule is Oc1cccc(C(O)C2CCSCC2)c1. The van der Waals surface area contributed by atoms with E-state index in [1.807, 2.05) is 17.8 Å². The van der Waals surface area contributed by atoms with Gasteiger partial charge in [0.1, 0.15) is 5.75 Å². The van der Waals surface area contributed by atoms with Crippen LogP contribution in [0.5, 0.6) is 5.75 Å². The Balaban J connectivity index is 2.08. The van der Waals surface area contributed by atoms with Gasteiger partial charge in [0.15, 0.2) is 0 Å². The van der Waals surface area contributed by atoms with E-state index in [0.717, 1.165) is 29.9 Å². The van der Waals surface area contributed by atoms with Crippen molar-refractivity contribution in [2.75, 3.05) is 11.5 Å². The fraction of sp³-hybridized carbons (Fsp3) is 0.500. The average Bonchev–Trinajstić information content (AvgIpc) is 2.29. The van der Waals surface area contributed by atoms with Crippen molar-refractivity contribution in [2.24, 2.45) is 5.92 Å². The Bertz CT molecular complexity index is 321. The Labute approximate surface area is 94.3 Å². The number of thioether (sulfide) groups is 1. The van der Waals surface area contributed by atoms with Crippen molar-refractivity contribution >= 4 is 11.8 Å². The van der Waals surface area contributed by atoms with Crippen molar-refractivity contribution < 1.29 is 10.2 Å². The molecule has 1 unspecified atom stereocenters. The molecule has 1 aromatic carbocycles. The maximum absolute atomic E-state index is 10.1. The van der Waals surface area contributed by atoms with Crippen molar-refractivity contribution in [1.82, 2.24) is 0 Å². The molecule has 0 spiro atoms. The van der Waals surface area contributed by atoms with E-state index in [2.05, 4.69) is 0 Å². The molecule has 1 atom stereocenters. The molecule has 3 heteroatoms. The van der Waals surface area contributed by atoms with Gasteiger partial charge in [-0.15, -0.1) is 0 Å². The number of benzene rings is 1. The number of hydrogen-bond donors (Lipinski definition) is 2. The lowest BCUT2D eigenvalue weighted by molar-refractivity contribution is 0.103. The molecule has 2 rings (SSSR count). The van der Waals surface area contributed by atoms with E-state index in [9.17, 15) is 10.2 Å². The first-order valence-corrected chi connectivity index (χ1v) is 6.47. The minimum Gasteiger partial charge on any atom is -0.508 e. The van der Waals surface area contributed by atoms with Crippen LogP contribution in [-0.4, -0.2) is 21.7 Å². The summed E-state index contributed by atoms with van der Waals surface area (Å²) < 4.78 is 0. The predicted octanol–water partition coefficient (Wildman–Crippen LogP) is 2.57. The summed E-state index contributed by atoms with van der Waals surface area (Å²) in [6, 6.07) is 6.96. The lowest BCUT2D eigenvalue weighted by atomic mass is 9.91. The smallest absolute Gasteiger partial charge is 0.115 e. The van der Waals surface area contributed by atoms with Crippen LogP contribution in [0, 0.1) is 5.92 Å². The molecule has 0 radical (unpaired) electrons. The van der Waals surface area contributed by atoms with E-state index in [1.165, 1.54) is 0 Å². The monoisotopic (exact) mass is 224 g/mol. The molecule has 0 aliphatic carbocycles. The van der Waals surface area contributed by atoms with E-state index in [0.29, 0.717) is 5.92 Å². The normalized spacial score (nSPS) is 20.1. The molecule has 0 amide bonds. The summed E-state index contributed by atoms with van der Waals surface area (Å²) in [7, 11) is 0. The van der Waals surface area contributed by atoms with E-state index in [-0.39, 0.29) is 5.75 Å². The molecule has 1 aromatic rings. The molecule has 0 saturated carbocycles. The molecule has 1 aliphatic rings. The highest BCUT2D eigenvalue weighted by atomic mass is 32.2. The highest BCUT2D eigenvalue weighted by molar-refractivity contribution is 7.99. The molecule has 2 N–H and O–H groups in total. The zero-order valence-electron chi connectivity index (χ0n) is 8.60. The van der Waals surface area contributed by atoms with Crippen molar-refractivity contribution in [3.63, 3.8) is 0 Å². The molecule has 15 heavy (non-hydrogen) atoms. The third-order valence-corrected chi connectivity index (χ3v) is 3.97. The molecule has 0 aromatic heterocycles. The Morgan fingerprint density at radius 1 is 1.27 bits per heavy atom. The number of hydrogen-bond acceptors (Lipinski definition) is 3. The number of aromatic hydroxyl groups is 1. The topological polar surface area (TPSA) is 40.5 Å². The van der Waals surface area contributed by atoms with Crippen molar-refractivity contribution in [3.8, 4) is 5.75 Å². The van der Waals surface area contributed by atoms with Crippen LogP contribution in [0.3, 0.4) is 0 Å². The fourth-order valence-corrected chi connectivity index (χ4v) is 3.16. The summed E-state index contributed by atoms with van der Waals surface area (Å²) in [6.07, 6.45) is 1.72. The number of aliphatic hydroxyl groups is 1. The van der Waals surface area contributed by atoms with Crippen molar-refractivity contribution in [3.05, 3.63) is 29.8 Å². The quantitative estimate of drug-likeness (QED) is 0.811. The van der Waals surface area contributed by atoms with Crippen LogP contribution in [0.25, 0.3) is 0 Å². The van der Waals surface area contributed by atoms with Crippen LogP contribution in [-0.2, 0) is 0 Å². The number of aliphatic hydroxyl groups excluding tert-OH is 1. The maximum Gasteiger partial charge on any atom is 0.115 e. The van der Waals surface area contributed by atoms with E-state index in [4.69, 9.17) is 0 Å². The molecular weight excluding hydrogens is 208 g/mol. The first-order chi connectivity index (χ1) is 7.27. The summed E-state index contributed by atoms with van der Waals surface area (Å²) in [6.45, 7) is 0. The number of phenols is 1. The molecule has 1 fully saturated rings. The lowest BCUT2D eigenvalue weighted by Crippen LogP contribution is -2.18. The van der Waals surface area contributed by atoms with Gasteiger partial charge in [-0.3, -0.25) is 0 Å². The Morgan fingerprint density at radius 2 is 2.00 bits per heavy atom. The minimum absolute atomic E-state index is 0.233. The van der Waals surface area contributed by atoms with Gasteiger partial charge in [-0.1, -0.05) is 12.1 Å². The van der Waals surface area contributed by atoms with Gasteiger partial charge in [0, 0.05) is 0 Å². The number of rotatable bonds is 2. The Morgan fingerprint density at radius 3 is 2.67 bits per heavy atom. The lowest BCUT2D eigenvalue weighted by Gasteiger charge is -2.26. The van der Waals surface area contributed by atoms with Gasteiger partial charge in [0.25, 0.3) is 0 Å². The predicted molar refractivity (Wildman–Crippen MR) is 63.1 cm³/mol. The van der Waals surface area contributed by atoms with Crippen LogP contribution in [0.15, 0.2) is 24.3 Å². The van der Waals surface area contributed by atoms with Gasteiger partial charge in [0.05, 0.1) is 6.10 Å². The second kappa shape index (κ2) is 4.90. The summed E-state index contributed by atoms with van der Waals surface area (Å²) >= 11 is 1.95. The minimum atomic E-state index is -0.419. The summed E-state index contributed by atoms with van der Waals surface area (Å²) in [4.78, 5) is 0. The van der Waals surface area contributed by atoms with Gasteiger partial charge in [-0.25, -0.2) is 0 Å². The van der Waals surface area contributed by atoms with Gasteiger partial charge in [-0.2, -0.15) is 11.8 Å². The zero-order valence-corrected chi connectivity index (χ0v) is 9.41. The molecule has 1 saturated heterocycles. The van der Waals surface area contributed by atoms with Gasteiger partial charge < -0.3 is 10.2 Å². The third-order valence-electron chi connectivity index (χ3n) is 2.92. The largest absolute Gasteiger partial charge is 0.508 e. The molecule has 0 bridgehead atoms. The van der Waals surface area contributed by atoms with Crippen LogP contribution >= 0.6 is 11.8 Å². The number of phenolic OH excluding ortho intramolecular Hbond substituents is 1. The summed E-state index contributed by atoms with van der Waals surface area (Å²) in [5.41, 5.74) is 0.840. The molecule has 2 nitrogen and oxygen atoms in total. The van der Waals surface area contributed by atoms with E-state index < -0.39 is 6.10 Å². The van der Waals surface area contributed by atoms with Crippen LogP contribution in [0.2, 0.25) is 0 Å². The first-order valence-electron chi connectivity index (χ1n) is 5.32. The molecule has 82 valence electrons. The second-order valence-electron chi connectivity index (χ2n) is 3.99. The Hall–Kier alpha value is -0.670. The molecular formula is C12H16O2S.